The van der Waals surface area contributed by atoms with Gasteiger partial charge in [-0.05, 0) is 23.7 Å². The van der Waals surface area contributed by atoms with Gasteiger partial charge in [0.15, 0.2) is 0 Å². The van der Waals surface area contributed by atoms with E-state index < -0.39 is 0 Å². The van der Waals surface area contributed by atoms with E-state index in [1.165, 1.54) is 0 Å². The van der Waals surface area contributed by atoms with Gasteiger partial charge in [-0.15, -0.1) is 11.6 Å². The third kappa shape index (κ3) is 4.87. The second-order valence-corrected chi connectivity index (χ2v) is 5.19. The standard InChI is InChI=1S/C11H23ClO/c1-9(6-7-13-5)10(8-12)11(2,3)4/h9-10H,6-8H2,1-5H3. The van der Waals surface area contributed by atoms with Gasteiger partial charge in [0.2, 0.25) is 0 Å². The Morgan fingerprint density at radius 3 is 2.15 bits per heavy atom. The molecule has 80 valence electrons. The molecule has 0 bridgehead atoms. The molecule has 0 saturated carbocycles. The molecule has 0 aromatic heterocycles. The molecule has 0 aromatic rings. The second kappa shape index (κ2) is 5.87. The van der Waals surface area contributed by atoms with Gasteiger partial charge in [-0.25, -0.2) is 0 Å². The number of rotatable bonds is 5. The fraction of sp³-hybridized carbons (Fsp3) is 1.00. The highest BCUT2D eigenvalue weighted by Crippen LogP contribution is 2.34. The number of hydrogen-bond acceptors (Lipinski definition) is 1. The average Bonchev–Trinajstić information content (AvgIpc) is 1.99. The topological polar surface area (TPSA) is 9.23 Å². The number of halogens is 1. The molecule has 0 spiro atoms. The predicted molar refractivity (Wildman–Crippen MR) is 59.3 cm³/mol. The van der Waals surface area contributed by atoms with Crippen molar-refractivity contribution >= 4 is 11.6 Å². The molecule has 0 heterocycles. The Hall–Kier alpha value is 0.250. The Bertz CT molecular complexity index is 129. The van der Waals surface area contributed by atoms with Crippen molar-refractivity contribution in [2.24, 2.45) is 17.3 Å². The Labute approximate surface area is 87.8 Å². The maximum absolute atomic E-state index is 5.99. The van der Waals surface area contributed by atoms with Crippen LogP contribution in [0.25, 0.3) is 0 Å². The molecule has 2 unspecified atom stereocenters. The van der Waals surface area contributed by atoms with Crippen LogP contribution in [-0.2, 0) is 4.74 Å². The predicted octanol–water partition coefficient (Wildman–Crippen LogP) is 3.56. The van der Waals surface area contributed by atoms with Gasteiger partial charge in [0.05, 0.1) is 0 Å². The molecule has 0 aliphatic rings. The first kappa shape index (κ1) is 13.2. The van der Waals surface area contributed by atoms with Gasteiger partial charge in [0, 0.05) is 19.6 Å². The van der Waals surface area contributed by atoms with Crippen molar-refractivity contribution in [2.45, 2.75) is 34.1 Å². The molecule has 0 radical (unpaired) electrons. The lowest BCUT2D eigenvalue weighted by molar-refractivity contribution is 0.131. The zero-order valence-corrected chi connectivity index (χ0v) is 10.3. The van der Waals surface area contributed by atoms with Gasteiger partial charge in [-0.1, -0.05) is 27.7 Å². The monoisotopic (exact) mass is 206 g/mol. The van der Waals surface area contributed by atoms with E-state index >= 15 is 0 Å². The lowest BCUT2D eigenvalue weighted by Crippen LogP contribution is -2.29. The molecule has 0 N–H and O–H groups in total. The summed E-state index contributed by atoms with van der Waals surface area (Å²) < 4.78 is 5.08. The van der Waals surface area contributed by atoms with Crippen molar-refractivity contribution in [3.63, 3.8) is 0 Å². The molecule has 2 heteroatoms. The minimum absolute atomic E-state index is 0.301. The molecule has 0 rings (SSSR count). The quantitative estimate of drug-likeness (QED) is 0.626. The van der Waals surface area contributed by atoms with Crippen molar-refractivity contribution < 1.29 is 4.74 Å². The van der Waals surface area contributed by atoms with Crippen LogP contribution >= 0.6 is 11.6 Å². The van der Waals surface area contributed by atoms with Crippen LogP contribution < -0.4 is 0 Å². The normalized spacial score (nSPS) is 17.1. The Kier molecular flexibility index (Phi) is 5.98. The largest absolute Gasteiger partial charge is 0.385 e. The number of hydrogen-bond donors (Lipinski definition) is 0. The molecule has 0 aromatic carbocycles. The minimum atomic E-state index is 0.301. The first-order valence-electron chi connectivity index (χ1n) is 4.98. The van der Waals surface area contributed by atoms with E-state index in [9.17, 15) is 0 Å². The van der Waals surface area contributed by atoms with E-state index in [4.69, 9.17) is 16.3 Å². The highest BCUT2D eigenvalue weighted by Gasteiger charge is 2.28. The summed E-state index contributed by atoms with van der Waals surface area (Å²) in [6, 6.07) is 0. The lowest BCUT2D eigenvalue weighted by atomic mass is 9.74. The van der Waals surface area contributed by atoms with Crippen molar-refractivity contribution in [1.82, 2.24) is 0 Å². The highest BCUT2D eigenvalue weighted by molar-refractivity contribution is 6.18. The van der Waals surface area contributed by atoms with Crippen LogP contribution in [0.4, 0.5) is 0 Å². The molecule has 13 heavy (non-hydrogen) atoms. The maximum atomic E-state index is 5.99. The highest BCUT2D eigenvalue weighted by atomic mass is 35.5. The van der Waals surface area contributed by atoms with E-state index in [2.05, 4.69) is 27.7 Å². The Morgan fingerprint density at radius 1 is 1.31 bits per heavy atom. The molecule has 2 atom stereocenters. The fourth-order valence-corrected chi connectivity index (χ4v) is 2.51. The van der Waals surface area contributed by atoms with E-state index in [1.54, 1.807) is 7.11 Å². The van der Waals surface area contributed by atoms with E-state index in [0.29, 0.717) is 17.3 Å². The number of alkyl halides is 1. The summed E-state index contributed by atoms with van der Waals surface area (Å²) in [4.78, 5) is 0. The summed E-state index contributed by atoms with van der Waals surface area (Å²) in [5.74, 6) is 1.95. The number of methoxy groups -OCH3 is 1. The second-order valence-electron chi connectivity index (χ2n) is 4.89. The molecule has 0 saturated heterocycles. The van der Waals surface area contributed by atoms with Gasteiger partial charge in [0.1, 0.15) is 0 Å². The minimum Gasteiger partial charge on any atom is -0.385 e. The summed E-state index contributed by atoms with van der Waals surface area (Å²) in [5, 5.41) is 0. The van der Waals surface area contributed by atoms with Gasteiger partial charge in [-0.2, -0.15) is 0 Å². The van der Waals surface area contributed by atoms with E-state index in [1.807, 2.05) is 0 Å². The van der Waals surface area contributed by atoms with Gasteiger partial charge in [-0.3, -0.25) is 0 Å². The SMILES string of the molecule is COCCC(C)C(CCl)C(C)(C)C. The molecule has 0 amide bonds. The molecular formula is C11H23ClO. The molecule has 0 aliphatic heterocycles. The van der Waals surface area contributed by atoms with Crippen LogP contribution in [0, 0.1) is 17.3 Å². The molecule has 0 aliphatic carbocycles. The fourth-order valence-electron chi connectivity index (χ4n) is 1.74. The summed E-state index contributed by atoms with van der Waals surface area (Å²) in [7, 11) is 1.75. The molecular weight excluding hydrogens is 184 g/mol. The van der Waals surface area contributed by atoms with Gasteiger partial charge in [0.25, 0.3) is 0 Å². The first-order valence-corrected chi connectivity index (χ1v) is 5.51. The van der Waals surface area contributed by atoms with Crippen LogP contribution in [0.3, 0.4) is 0 Å². The molecule has 0 fully saturated rings. The maximum Gasteiger partial charge on any atom is 0.0464 e. The summed E-state index contributed by atoms with van der Waals surface area (Å²) in [5.41, 5.74) is 0.301. The summed E-state index contributed by atoms with van der Waals surface area (Å²) in [6.45, 7) is 9.86. The smallest absolute Gasteiger partial charge is 0.0464 e. The average molecular weight is 207 g/mol. The summed E-state index contributed by atoms with van der Waals surface area (Å²) >= 11 is 5.99. The van der Waals surface area contributed by atoms with Crippen LogP contribution in [0.5, 0.6) is 0 Å². The lowest BCUT2D eigenvalue weighted by Gasteiger charge is -2.34. The van der Waals surface area contributed by atoms with Crippen LogP contribution in [0.2, 0.25) is 0 Å². The number of ether oxygens (including phenoxy) is 1. The van der Waals surface area contributed by atoms with Crippen LogP contribution in [-0.4, -0.2) is 19.6 Å². The van der Waals surface area contributed by atoms with Gasteiger partial charge < -0.3 is 4.74 Å². The third-order valence-electron chi connectivity index (χ3n) is 2.74. The van der Waals surface area contributed by atoms with Gasteiger partial charge >= 0.3 is 0 Å². The zero-order chi connectivity index (χ0) is 10.5. The van der Waals surface area contributed by atoms with Crippen molar-refractivity contribution in [3.05, 3.63) is 0 Å². The third-order valence-corrected chi connectivity index (χ3v) is 3.08. The van der Waals surface area contributed by atoms with E-state index in [0.717, 1.165) is 18.9 Å². The van der Waals surface area contributed by atoms with Crippen molar-refractivity contribution in [2.75, 3.05) is 19.6 Å². The Balaban J connectivity index is 4.07. The van der Waals surface area contributed by atoms with E-state index in [-0.39, 0.29) is 0 Å². The first-order chi connectivity index (χ1) is 5.93. The van der Waals surface area contributed by atoms with Crippen LogP contribution in [0.15, 0.2) is 0 Å². The van der Waals surface area contributed by atoms with Crippen LogP contribution in [0.1, 0.15) is 34.1 Å². The van der Waals surface area contributed by atoms with Crippen molar-refractivity contribution in [1.29, 1.82) is 0 Å². The van der Waals surface area contributed by atoms with Crippen molar-refractivity contribution in [3.8, 4) is 0 Å². The Morgan fingerprint density at radius 2 is 1.85 bits per heavy atom. The zero-order valence-electron chi connectivity index (χ0n) is 9.56. The summed E-state index contributed by atoms with van der Waals surface area (Å²) in [6.07, 6.45) is 1.10. The molecule has 1 nitrogen and oxygen atoms in total.